The molecule has 2 aliphatic heterocycles. The van der Waals surface area contributed by atoms with Gasteiger partial charge in [0.25, 0.3) is 0 Å². The van der Waals surface area contributed by atoms with E-state index in [1.807, 2.05) is 24.3 Å². The highest BCUT2D eigenvalue weighted by Gasteiger charge is 2.26. The maximum absolute atomic E-state index is 12.8. The van der Waals surface area contributed by atoms with Gasteiger partial charge in [0.05, 0.1) is 11.9 Å². The van der Waals surface area contributed by atoms with Crippen LogP contribution in [0.15, 0.2) is 48.5 Å². The SMILES string of the molecule is CS(=O)(=O)N(CC(=O)N1CCN(Cc2ccc3c(c2)OCO3)CC1)c1ccccc1. The van der Waals surface area contributed by atoms with Crippen LogP contribution in [0.3, 0.4) is 0 Å². The molecular formula is C21H25N3O5S. The number of fused-ring (bicyclic) bond motifs is 1. The molecule has 0 bridgehead atoms. The van der Waals surface area contributed by atoms with Crippen LogP contribution in [0.4, 0.5) is 5.69 Å². The first-order valence-corrected chi connectivity index (χ1v) is 11.7. The van der Waals surface area contributed by atoms with Gasteiger partial charge in [-0.25, -0.2) is 8.42 Å². The maximum atomic E-state index is 12.8. The minimum atomic E-state index is -3.55. The molecule has 8 nitrogen and oxygen atoms in total. The van der Waals surface area contributed by atoms with E-state index in [0.717, 1.165) is 47.3 Å². The number of anilines is 1. The highest BCUT2D eigenvalue weighted by Crippen LogP contribution is 2.32. The highest BCUT2D eigenvalue weighted by atomic mass is 32.2. The normalized spacial score (nSPS) is 16.5. The van der Waals surface area contributed by atoms with Crippen molar-refractivity contribution in [3.05, 3.63) is 54.1 Å². The minimum absolute atomic E-state index is 0.188. The van der Waals surface area contributed by atoms with Gasteiger partial charge in [-0.2, -0.15) is 0 Å². The standard InChI is InChI=1S/C21H25N3O5S/c1-30(26,27)24(18-5-3-2-4-6-18)15-21(25)23-11-9-22(10-12-23)14-17-7-8-19-20(13-17)29-16-28-19/h2-8,13H,9-12,14-16H2,1H3. The molecule has 9 heteroatoms. The van der Waals surface area contributed by atoms with Gasteiger partial charge in [-0.3, -0.25) is 14.0 Å². The van der Waals surface area contributed by atoms with E-state index >= 15 is 0 Å². The fourth-order valence-corrected chi connectivity index (χ4v) is 4.52. The molecule has 0 aliphatic carbocycles. The molecule has 160 valence electrons. The summed E-state index contributed by atoms with van der Waals surface area (Å²) in [4.78, 5) is 16.8. The zero-order valence-corrected chi connectivity index (χ0v) is 17.7. The molecular weight excluding hydrogens is 406 g/mol. The van der Waals surface area contributed by atoms with E-state index in [0.29, 0.717) is 18.8 Å². The van der Waals surface area contributed by atoms with Crippen molar-refractivity contribution in [3.63, 3.8) is 0 Å². The molecule has 0 aromatic heterocycles. The van der Waals surface area contributed by atoms with Gasteiger partial charge in [0.2, 0.25) is 22.7 Å². The molecule has 1 fully saturated rings. The van der Waals surface area contributed by atoms with Gasteiger partial charge in [0, 0.05) is 32.7 Å². The van der Waals surface area contributed by atoms with Crippen molar-refractivity contribution in [2.45, 2.75) is 6.54 Å². The molecule has 2 aromatic rings. The van der Waals surface area contributed by atoms with E-state index in [1.165, 1.54) is 0 Å². The molecule has 1 saturated heterocycles. The molecule has 0 N–H and O–H groups in total. The molecule has 2 heterocycles. The number of hydrogen-bond donors (Lipinski definition) is 0. The topological polar surface area (TPSA) is 79.4 Å². The molecule has 1 amide bonds. The van der Waals surface area contributed by atoms with Gasteiger partial charge in [0.15, 0.2) is 11.5 Å². The largest absolute Gasteiger partial charge is 0.454 e. The predicted octanol–water partition coefficient (Wildman–Crippen LogP) is 1.53. The van der Waals surface area contributed by atoms with Crippen molar-refractivity contribution in [1.29, 1.82) is 0 Å². The Morgan fingerprint density at radius 2 is 1.70 bits per heavy atom. The van der Waals surface area contributed by atoms with Crippen molar-refractivity contribution in [2.75, 3.05) is 50.1 Å². The zero-order valence-electron chi connectivity index (χ0n) is 16.9. The van der Waals surface area contributed by atoms with E-state index in [4.69, 9.17) is 9.47 Å². The fraction of sp³-hybridized carbons (Fsp3) is 0.381. The van der Waals surface area contributed by atoms with E-state index < -0.39 is 10.0 Å². The smallest absolute Gasteiger partial charge is 0.243 e. The summed E-state index contributed by atoms with van der Waals surface area (Å²) in [6.07, 6.45) is 1.12. The minimum Gasteiger partial charge on any atom is -0.454 e. The number of carbonyl (C=O) groups excluding carboxylic acids is 1. The predicted molar refractivity (Wildman–Crippen MR) is 113 cm³/mol. The third-order valence-electron chi connectivity index (χ3n) is 5.29. The molecule has 30 heavy (non-hydrogen) atoms. The second-order valence-electron chi connectivity index (χ2n) is 7.45. The van der Waals surface area contributed by atoms with E-state index in [1.54, 1.807) is 29.2 Å². The number of piperazine rings is 1. The van der Waals surface area contributed by atoms with Crippen LogP contribution in [0.2, 0.25) is 0 Å². The van der Waals surface area contributed by atoms with Crippen LogP contribution in [0.25, 0.3) is 0 Å². The fourth-order valence-electron chi connectivity index (χ4n) is 3.67. The second-order valence-corrected chi connectivity index (χ2v) is 9.36. The van der Waals surface area contributed by atoms with Crippen LogP contribution in [-0.2, 0) is 21.4 Å². The van der Waals surface area contributed by atoms with Gasteiger partial charge in [0.1, 0.15) is 6.54 Å². The molecule has 0 radical (unpaired) electrons. The lowest BCUT2D eigenvalue weighted by Gasteiger charge is -2.35. The van der Waals surface area contributed by atoms with E-state index in [9.17, 15) is 13.2 Å². The maximum Gasteiger partial charge on any atom is 0.243 e. The molecule has 2 aliphatic rings. The van der Waals surface area contributed by atoms with Crippen LogP contribution >= 0.6 is 0 Å². The number of sulfonamides is 1. The Bertz CT molecular complexity index is 1000. The summed E-state index contributed by atoms with van der Waals surface area (Å²) in [6, 6.07) is 14.6. The number of carbonyl (C=O) groups is 1. The number of nitrogens with zero attached hydrogens (tertiary/aromatic N) is 3. The van der Waals surface area contributed by atoms with Gasteiger partial charge in [-0.15, -0.1) is 0 Å². The summed E-state index contributed by atoms with van der Waals surface area (Å²) < 4.78 is 36.4. The third-order valence-corrected chi connectivity index (χ3v) is 6.43. The molecule has 0 spiro atoms. The van der Waals surface area contributed by atoms with Gasteiger partial charge in [-0.1, -0.05) is 24.3 Å². The van der Waals surface area contributed by atoms with Crippen molar-refractivity contribution in [2.24, 2.45) is 0 Å². The number of hydrogen-bond acceptors (Lipinski definition) is 6. The average Bonchev–Trinajstić information content (AvgIpc) is 3.20. The number of para-hydroxylation sites is 1. The summed E-state index contributed by atoms with van der Waals surface area (Å²) in [5.74, 6) is 1.35. The molecule has 0 unspecified atom stereocenters. The Morgan fingerprint density at radius 1 is 1.00 bits per heavy atom. The second kappa shape index (κ2) is 8.53. The Hall–Kier alpha value is -2.78. The van der Waals surface area contributed by atoms with E-state index in [-0.39, 0.29) is 19.2 Å². The van der Waals surface area contributed by atoms with Gasteiger partial charge in [-0.05, 0) is 29.8 Å². The number of rotatable bonds is 6. The Kier molecular flexibility index (Phi) is 5.83. The number of amides is 1. The van der Waals surface area contributed by atoms with Crippen LogP contribution in [0.5, 0.6) is 11.5 Å². The quantitative estimate of drug-likeness (QED) is 0.690. The summed E-state index contributed by atoms with van der Waals surface area (Å²) in [6.45, 7) is 3.41. The van der Waals surface area contributed by atoms with Crippen molar-refractivity contribution in [3.8, 4) is 11.5 Å². The lowest BCUT2D eigenvalue weighted by atomic mass is 10.1. The van der Waals surface area contributed by atoms with Crippen LogP contribution in [0, 0.1) is 0 Å². The average molecular weight is 432 g/mol. The molecule has 2 aromatic carbocycles. The first-order valence-electron chi connectivity index (χ1n) is 9.81. The summed E-state index contributed by atoms with van der Waals surface area (Å²) in [5.41, 5.74) is 1.63. The molecule has 0 atom stereocenters. The summed E-state index contributed by atoms with van der Waals surface area (Å²) >= 11 is 0. The molecule has 4 rings (SSSR count). The Balaban J connectivity index is 1.33. The monoisotopic (exact) mass is 431 g/mol. The van der Waals surface area contributed by atoms with Gasteiger partial charge >= 0.3 is 0 Å². The highest BCUT2D eigenvalue weighted by molar-refractivity contribution is 7.92. The Morgan fingerprint density at radius 3 is 2.40 bits per heavy atom. The van der Waals surface area contributed by atoms with Crippen LogP contribution in [-0.4, -0.2) is 69.9 Å². The van der Waals surface area contributed by atoms with Gasteiger partial charge < -0.3 is 14.4 Å². The zero-order chi connectivity index (χ0) is 21.1. The summed E-state index contributed by atoms with van der Waals surface area (Å²) in [7, 11) is -3.55. The van der Waals surface area contributed by atoms with Crippen molar-refractivity contribution >= 4 is 21.6 Å². The third kappa shape index (κ3) is 4.68. The number of ether oxygens (including phenoxy) is 2. The van der Waals surface area contributed by atoms with Crippen LogP contribution in [0.1, 0.15) is 5.56 Å². The first kappa shape index (κ1) is 20.5. The first-order chi connectivity index (χ1) is 14.4. The lowest BCUT2D eigenvalue weighted by molar-refractivity contribution is -0.131. The van der Waals surface area contributed by atoms with Crippen molar-refractivity contribution < 1.29 is 22.7 Å². The summed E-state index contributed by atoms with van der Waals surface area (Å²) in [5, 5.41) is 0. The van der Waals surface area contributed by atoms with Crippen molar-refractivity contribution in [1.82, 2.24) is 9.80 Å². The van der Waals surface area contributed by atoms with Crippen LogP contribution < -0.4 is 13.8 Å². The van der Waals surface area contributed by atoms with E-state index in [2.05, 4.69) is 4.90 Å². The number of benzene rings is 2. The lowest BCUT2D eigenvalue weighted by Crippen LogP contribution is -2.51. The molecule has 0 saturated carbocycles. The Labute approximate surface area is 176 Å².